The van der Waals surface area contributed by atoms with Gasteiger partial charge >= 0.3 is 0 Å². The molecule has 112 valence electrons. The van der Waals surface area contributed by atoms with Crippen LogP contribution in [-0.2, 0) is 4.74 Å². The first kappa shape index (κ1) is 16.3. The average molecular weight is 269 g/mol. The molecule has 0 radical (unpaired) electrons. The largest absolute Gasteiger partial charge is 0.378 e. The Morgan fingerprint density at radius 1 is 1.16 bits per heavy atom. The van der Waals surface area contributed by atoms with Crippen LogP contribution in [0.5, 0.6) is 0 Å². The molecule has 1 aliphatic carbocycles. The highest BCUT2D eigenvalue weighted by atomic mass is 16.5. The minimum Gasteiger partial charge on any atom is -0.378 e. The van der Waals surface area contributed by atoms with Gasteiger partial charge in [0.25, 0.3) is 0 Å². The van der Waals surface area contributed by atoms with E-state index in [1.807, 2.05) is 0 Å². The quantitative estimate of drug-likeness (QED) is 0.404. The third kappa shape index (κ3) is 8.09. The van der Waals surface area contributed by atoms with Crippen molar-refractivity contribution in [2.45, 2.75) is 64.9 Å². The fourth-order valence-electron chi connectivity index (χ4n) is 2.33. The van der Waals surface area contributed by atoms with E-state index in [1.165, 1.54) is 32.1 Å². The first-order valence-electron chi connectivity index (χ1n) is 8.00. The highest BCUT2D eigenvalue weighted by molar-refractivity contribution is 5.79. The van der Waals surface area contributed by atoms with E-state index in [1.54, 1.807) is 0 Å². The highest BCUT2D eigenvalue weighted by Gasteiger charge is 2.12. The van der Waals surface area contributed by atoms with Gasteiger partial charge < -0.3 is 15.4 Å². The number of aliphatic imine (C=N–C) groups is 1. The monoisotopic (exact) mass is 269 g/mol. The zero-order valence-electron chi connectivity index (χ0n) is 12.7. The van der Waals surface area contributed by atoms with Crippen molar-refractivity contribution in [1.29, 1.82) is 0 Å². The molecule has 0 aromatic rings. The summed E-state index contributed by atoms with van der Waals surface area (Å²) in [5.41, 5.74) is 0. The Hall–Kier alpha value is -0.770. The minimum absolute atomic E-state index is 0.524. The molecule has 0 bridgehead atoms. The van der Waals surface area contributed by atoms with E-state index in [-0.39, 0.29) is 0 Å². The summed E-state index contributed by atoms with van der Waals surface area (Å²) >= 11 is 0. The molecule has 0 atom stereocenters. The molecule has 4 nitrogen and oxygen atoms in total. The number of ether oxygens (including phenoxy) is 1. The van der Waals surface area contributed by atoms with Crippen molar-refractivity contribution >= 4 is 5.96 Å². The van der Waals surface area contributed by atoms with E-state index in [9.17, 15) is 0 Å². The molecule has 0 aromatic heterocycles. The standard InChI is InChI=1S/C15H31N3O/c1-3-11-17-15(16-4-2)18-12-8-13-19-14-9-6-5-7-10-14/h14H,3-13H2,1-2H3,(H2,16,17,18). The van der Waals surface area contributed by atoms with Crippen molar-refractivity contribution in [3.8, 4) is 0 Å². The van der Waals surface area contributed by atoms with Crippen molar-refractivity contribution in [2.75, 3.05) is 26.2 Å². The Balaban J connectivity index is 2.04. The van der Waals surface area contributed by atoms with Crippen LogP contribution in [0, 0.1) is 0 Å². The van der Waals surface area contributed by atoms with Crippen LogP contribution in [0.15, 0.2) is 4.99 Å². The van der Waals surface area contributed by atoms with Crippen molar-refractivity contribution in [3.05, 3.63) is 0 Å². The van der Waals surface area contributed by atoms with Gasteiger partial charge in [-0.15, -0.1) is 0 Å². The van der Waals surface area contributed by atoms with Gasteiger partial charge in [-0.25, -0.2) is 0 Å². The maximum Gasteiger partial charge on any atom is 0.191 e. The molecule has 19 heavy (non-hydrogen) atoms. The van der Waals surface area contributed by atoms with Gasteiger partial charge in [-0.05, 0) is 32.6 Å². The van der Waals surface area contributed by atoms with Gasteiger partial charge in [-0.2, -0.15) is 0 Å². The fraction of sp³-hybridized carbons (Fsp3) is 0.933. The predicted octanol–water partition coefficient (Wildman–Crippen LogP) is 2.69. The molecule has 1 fully saturated rings. The molecule has 0 spiro atoms. The summed E-state index contributed by atoms with van der Waals surface area (Å²) in [7, 11) is 0. The molecule has 0 aliphatic heterocycles. The molecule has 0 aromatic carbocycles. The summed E-state index contributed by atoms with van der Waals surface area (Å²) in [5, 5.41) is 6.61. The van der Waals surface area contributed by atoms with Crippen molar-refractivity contribution in [3.63, 3.8) is 0 Å². The summed E-state index contributed by atoms with van der Waals surface area (Å²) in [4.78, 5) is 4.47. The molecule has 1 rings (SSSR count). The Labute approximate surface area is 118 Å². The molecule has 1 saturated carbocycles. The van der Waals surface area contributed by atoms with Gasteiger partial charge in [0.05, 0.1) is 6.10 Å². The summed E-state index contributed by atoms with van der Waals surface area (Å²) in [6, 6.07) is 0. The minimum atomic E-state index is 0.524. The van der Waals surface area contributed by atoms with Gasteiger partial charge in [-0.3, -0.25) is 4.99 Å². The van der Waals surface area contributed by atoms with Gasteiger partial charge in [0.15, 0.2) is 5.96 Å². The third-order valence-electron chi connectivity index (χ3n) is 3.36. The van der Waals surface area contributed by atoms with Crippen LogP contribution in [-0.4, -0.2) is 38.3 Å². The normalized spacial score (nSPS) is 17.5. The predicted molar refractivity (Wildman–Crippen MR) is 81.7 cm³/mol. The molecule has 4 heteroatoms. The van der Waals surface area contributed by atoms with E-state index in [4.69, 9.17) is 4.74 Å². The molecule has 0 heterocycles. The Morgan fingerprint density at radius 2 is 1.95 bits per heavy atom. The Kier molecular flexibility index (Phi) is 9.51. The van der Waals surface area contributed by atoms with E-state index in [0.29, 0.717) is 6.10 Å². The van der Waals surface area contributed by atoms with Crippen molar-refractivity contribution in [2.24, 2.45) is 4.99 Å². The second-order valence-corrected chi connectivity index (χ2v) is 5.17. The van der Waals surface area contributed by atoms with Crippen LogP contribution in [0.1, 0.15) is 58.8 Å². The maximum atomic E-state index is 5.91. The number of rotatable bonds is 8. The van der Waals surface area contributed by atoms with E-state index in [0.717, 1.165) is 45.0 Å². The average Bonchev–Trinajstić information content (AvgIpc) is 2.45. The Morgan fingerprint density at radius 3 is 2.63 bits per heavy atom. The van der Waals surface area contributed by atoms with Gasteiger partial charge in [-0.1, -0.05) is 26.2 Å². The summed E-state index contributed by atoms with van der Waals surface area (Å²) in [6.45, 7) is 7.83. The number of hydrogen-bond acceptors (Lipinski definition) is 2. The lowest BCUT2D eigenvalue weighted by molar-refractivity contribution is 0.0277. The summed E-state index contributed by atoms with van der Waals surface area (Å²) in [5.74, 6) is 0.932. The molecule has 0 amide bonds. The van der Waals surface area contributed by atoms with Gasteiger partial charge in [0.2, 0.25) is 0 Å². The second-order valence-electron chi connectivity index (χ2n) is 5.17. The van der Waals surface area contributed by atoms with E-state index >= 15 is 0 Å². The lowest BCUT2D eigenvalue weighted by Crippen LogP contribution is -2.38. The van der Waals surface area contributed by atoms with Crippen LogP contribution < -0.4 is 10.6 Å². The fourth-order valence-corrected chi connectivity index (χ4v) is 2.33. The molecule has 1 aliphatic rings. The highest BCUT2D eigenvalue weighted by Crippen LogP contribution is 2.20. The number of nitrogens with zero attached hydrogens (tertiary/aromatic N) is 1. The summed E-state index contributed by atoms with van der Waals surface area (Å²) in [6.07, 6.45) is 9.25. The van der Waals surface area contributed by atoms with Gasteiger partial charge in [0, 0.05) is 26.2 Å². The van der Waals surface area contributed by atoms with Crippen molar-refractivity contribution < 1.29 is 4.74 Å². The Bertz CT molecular complexity index is 238. The zero-order chi connectivity index (χ0) is 13.8. The number of nitrogens with one attached hydrogen (secondary N) is 2. The smallest absolute Gasteiger partial charge is 0.191 e. The van der Waals surface area contributed by atoms with E-state index in [2.05, 4.69) is 29.5 Å². The topological polar surface area (TPSA) is 45.7 Å². The van der Waals surface area contributed by atoms with Crippen LogP contribution in [0.25, 0.3) is 0 Å². The summed E-state index contributed by atoms with van der Waals surface area (Å²) < 4.78 is 5.91. The van der Waals surface area contributed by atoms with Crippen LogP contribution >= 0.6 is 0 Å². The number of guanidine groups is 1. The molecular weight excluding hydrogens is 238 g/mol. The lowest BCUT2D eigenvalue weighted by atomic mass is 9.98. The molecule has 2 N–H and O–H groups in total. The molecule has 0 unspecified atom stereocenters. The first-order valence-corrected chi connectivity index (χ1v) is 8.00. The second kappa shape index (κ2) is 11.1. The van der Waals surface area contributed by atoms with Crippen LogP contribution in [0.2, 0.25) is 0 Å². The van der Waals surface area contributed by atoms with Crippen molar-refractivity contribution in [1.82, 2.24) is 10.6 Å². The molecular formula is C15H31N3O. The maximum absolute atomic E-state index is 5.91. The van der Waals surface area contributed by atoms with Crippen LogP contribution in [0.3, 0.4) is 0 Å². The SMILES string of the molecule is CCCN=C(NCC)NCCCOC1CCCCC1. The van der Waals surface area contributed by atoms with Crippen LogP contribution in [0.4, 0.5) is 0 Å². The zero-order valence-corrected chi connectivity index (χ0v) is 12.7. The molecule has 0 saturated heterocycles. The van der Waals surface area contributed by atoms with Gasteiger partial charge in [0.1, 0.15) is 0 Å². The van der Waals surface area contributed by atoms with E-state index < -0.39 is 0 Å². The first-order chi connectivity index (χ1) is 9.36. The lowest BCUT2D eigenvalue weighted by Gasteiger charge is -2.22. The third-order valence-corrected chi connectivity index (χ3v) is 3.36. The number of hydrogen-bond donors (Lipinski definition) is 2.